The summed E-state index contributed by atoms with van der Waals surface area (Å²) in [5, 5.41) is 9.51. The summed E-state index contributed by atoms with van der Waals surface area (Å²) in [6.45, 7) is 1.45. The molecule has 0 aromatic heterocycles. The average Bonchev–Trinajstić information content (AvgIpc) is 2.57. The topological polar surface area (TPSA) is 40.5 Å². The molecule has 0 saturated carbocycles. The maximum absolute atomic E-state index is 13.5. The Morgan fingerprint density at radius 3 is 2.52 bits per heavy atom. The smallest absolute Gasteiger partial charge is 0.416 e. The molecule has 2 aromatic carbocycles. The third kappa shape index (κ3) is 3.64. The molecule has 1 aliphatic rings. The van der Waals surface area contributed by atoms with Gasteiger partial charge in [0.05, 0.1) is 11.1 Å². The Hall–Kier alpha value is -2.54. The summed E-state index contributed by atoms with van der Waals surface area (Å²) in [6, 6.07) is 8.58. The molecule has 3 nitrogen and oxygen atoms in total. The summed E-state index contributed by atoms with van der Waals surface area (Å²) in [4.78, 5) is 13.0. The lowest BCUT2D eigenvalue weighted by molar-refractivity contribution is -0.137. The number of carbonyl (C=O) groups is 1. The second kappa shape index (κ2) is 6.88. The summed E-state index contributed by atoms with van der Waals surface area (Å²) in [7, 11) is 0. The second-order valence-corrected chi connectivity index (χ2v) is 6.58. The van der Waals surface area contributed by atoms with Gasteiger partial charge < -0.3 is 10.0 Å². The number of aliphatic carboxylic acids is 1. The molecule has 142 valence electrons. The van der Waals surface area contributed by atoms with Crippen LogP contribution >= 0.6 is 11.6 Å². The highest BCUT2D eigenvalue weighted by atomic mass is 35.5. The number of halogens is 5. The van der Waals surface area contributed by atoms with E-state index in [2.05, 4.69) is 0 Å². The van der Waals surface area contributed by atoms with Crippen molar-refractivity contribution < 1.29 is 27.5 Å². The standard InChI is InChI=1S/C19H14ClF4NO2/c1-10-14-6-5-12(19(22,23)24)8-15(14)25(17(20)16(10)18(26)27)9-11-3-2-4-13(21)7-11/h2-8,17H,9H2,1H3,(H,26,27). The normalized spacial score (nSPS) is 17.1. The maximum atomic E-state index is 13.5. The molecule has 0 bridgehead atoms. The fourth-order valence-corrected chi connectivity index (χ4v) is 3.56. The van der Waals surface area contributed by atoms with Crippen LogP contribution in [0.5, 0.6) is 0 Å². The number of hydrogen-bond acceptors (Lipinski definition) is 2. The van der Waals surface area contributed by atoms with E-state index in [9.17, 15) is 27.5 Å². The van der Waals surface area contributed by atoms with Crippen molar-refractivity contribution in [2.75, 3.05) is 4.90 Å². The van der Waals surface area contributed by atoms with Gasteiger partial charge in [0.2, 0.25) is 0 Å². The number of nitrogens with zero attached hydrogens (tertiary/aromatic N) is 1. The van der Waals surface area contributed by atoms with Crippen molar-refractivity contribution in [1.82, 2.24) is 0 Å². The van der Waals surface area contributed by atoms with Crippen molar-refractivity contribution >= 4 is 28.8 Å². The predicted octanol–water partition coefficient (Wildman–Crippen LogP) is 5.29. The zero-order valence-electron chi connectivity index (χ0n) is 14.0. The number of fused-ring (bicyclic) bond motifs is 1. The Kier molecular flexibility index (Phi) is 4.90. The summed E-state index contributed by atoms with van der Waals surface area (Å²) >= 11 is 6.33. The van der Waals surface area contributed by atoms with E-state index in [-0.39, 0.29) is 17.8 Å². The SMILES string of the molecule is CC1=C(C(=O)O)C(Cl)N(Cc2cccc(F)c2)c2cc(C(F)(F)F)ccc21. The van der Waals surface area contributed by atoms with Gasteiger partial charge >= 0.3 is 12.1 Å². The first-order valence-electron chi connectivity index (χ1n) is 7.90. The molecule has 8 heteroatoms. The number of anilines is 1. The molecule has 1 heterocycles. The molecule has 0 saturated heterocycles. The van der Waals surface area contributed by atoms with E-state index in [1.54, 1.807) is 6.07 Å². The van der Waals surface area contributed by atoms with Crippen LogP contribution in [0.3, 0.4) is 0 Å². The maximum Gasteiger partial charge on any atom is 0.416 e. The van der Waals surface area contributed by atoms with Gasteiger partial charge in [-0.15, -0.1) is 0 Å². The van der Waals surface area contributed by atoms with Gasteiger partial charge in [0.1, 0.15) is 11.3 Å². The Morgan fingerprint density at radius 1 is 1.22 bits per heavy atom. The first kappa shape index (κ1) is 19.2. The van der Waals surface area contributed by atoms with Crippen LogP contribution in [0.2, 0.25) is 0 Å². The number of allylic oxidation sites excluding steroid dienone is 1. The van der Waals surface area contributed by atoms with Gasteiger partial charge in [-0.3, -0.25) is 0 Å². The van der Waals surface area contributed by atoms with Crippen molar-refractivity contribution in [1.29, 1.82) is 0 Å². The molecule has 1 N–H and O–H groups in total. The van der Waals surface area contributed by atoms with Crippen LogP contribution in [0, 0.1) is 5.82 Å². The number of carboxylic acid groups (broad SMARTS) is 1. The number of benzene rings is 2. The first-order valence-corrected chi connectivity index (χ1v) is 8.34. The summed E-state index contributed by atoms with van der Waals surface area (Å²) in [5.74, 6) is -1.77. The van der Waals surface area contributed by atoms with E-state index in [0.29, 0.717) is 16.7 Å². The lowest BCUT2D eigenvalue weighted by Gasteiger charge is -2.37. The Bertz CT molecular complexity index is 940. The van der Waals surface area contributed by atoms with Crippen molar-refractivity contribution in [3.8, 4) is 0 Å². The third-order valence-corrected chi connectivity index (χ3v) is 4.88. The van der Waals surface area contributed by atoms with Gasteiger partial charge in [-0.25, -0.2) is 9.18 Å². The van der Waals surface area contributed by atoms with Crippen LogP contribution in [-0.4, -0.2) is 16.6 Å². The van der Waals surface area contributed by atoms with E-state index < -0.39 is 29.0 Å². The molecule has 27 heavy (non-hydrogen) atoms. The van der Waals surface area contributed by atoms with E-state index in [1.165, 1.54) is 36.1 Å². The molecule has 3 rings (SSSR count). The van der Waals surface area contributed by atoms with Crippen LogP contribution in [0.15, 0.2) is 48.0 Å². The number of rotatable bonds is 3. The van der Waals surface area contributed by atoms with Crippen molar-refractivity contribution in [3.05, 3.63) is 70.5 Å². The first-order chi connectivity index (χ1) is 12.6. The van der Waals surface area contributed by atoms with Gasteiger partial charge in [-0.2, -0.15) is 13.2 Å². The summed E-state index contributed by atoms with van der Waals surface area (Å²) < 4.78 is 53.0. The largest absolute Gasteiger partial charge is 0.478 e. The van der Waals surface area contributed by atoms with Crippen molar-refractivity contribution in [3.63, 3.8) is 0 Å². The van der Waals surface area contributed by atoms with Crippen LogP contribution < -0.4 is 4.90 Å². The molecule has 0 fully saturated rings. The molecule has 0 aliphatic carbocycles. The third-order valence-electron chi connectivity index (χ3n) is 4.43. The minimum Gasteiger partial charge on any atom is -0.478 e. The van der Waals surface area contributed by atoms with E-state index in [1.807, 2.05) is 0 Å². The van der Waals surface area contributed by atoms with Crippen LogP contribution in [-0.2, 0) is 17.5 Å². The quantitative estimate of drug-likeness (QED) is 0.433. The summed E-state index contributed by atoms with van der Waals surface area (Å²) in [5.41, 5.74) is -0.969. The highest BCUT2D eigenvalue weighted by molar-refractivity contribution is 6.28. The van der Waals surface area contributed by atoms with Gasteiger partial charge in [-0.1, -0.05) is 29.8 Å². The molecule has 0 amide bonds. The van der Waals surface area contributed by atoms with Gasteiger partial charge in [-0.05, 0) is 42.3 Å². The molecule has 0 radical (unpaired) electrons. The number of carboxylic acids is 1. The minimum atomic E-state index is -4.56. The zero-order valence-corrected chi connectivity index (χ0v) is 14.8. The van der Waals surface area contributed by atoms with Crippen LogP contribution in [0.1, 0.15) is 23.6 Å². The highest BCUT2D eigenvalue weighted by Gasteiger charge is 2.37. The Labute approximate surface area is 157 Å². The monoisotopic (exact) mass is 399 g/mol. The number of alkyl halides is 4. The number of hydrogen-bond donors (Lipinski definition) is 1. The van der Waals surface area contributed by atoms with E-state index in [4.69, 9.17) is 11.6 Å². The molecule has 1 atom stereocenters. The lowest BCUT2D eigenvalue weighted by atomic mass is 9.92. The van der Waals surface area contributed by atoms with Gasteiger partial charge in [0.25, 0.3) is 0 Å². The molecule has 2 aromatic rings. The molecule has 0 spiro atoms. The highest BCUT2D eigenvalue weighted by Crippen LogP contribution is 2.43. The van der Waals surface area contributed by atoms with Gasteiger partial charge in [0, 0.05) is 17.8 Å². The van der Waals surface area contributed by atoms with Crippen molar-refractivity contribution in [2.45, 2.75) is 25.1 Å². The Balaban J connectivity index is 2.17. The molecular formula is C19H14ClF4NO2. The van der Waals surface area contributed by atoms with E-state index in [0.717, 1.165) is 12.1 Å². The second-order valence-electron chi connectivity index (χ2n) is 6.17. The molecular weight excluding hydrogens is 386 g/mol. The van der Waals surface area contributed by atoms with Crippen molar-refractivity contribution in [2.24, 2.45) is 0 Å². The average molecular weight is 400 g/mol. The minimum absolute atomic E-state index is 0.0513. The summed E-state index contributed by atoms with van der Waals surface area (Å²) in [6.07, 6.45) is -4.56. The van der Waals surface area contributed by atoms with Gasteiger partial charge in [0.15, 0.2) is 0 Å². The van der Waals surface area contributed by atoms with Crippen LogP contribution in [0.25, 0.3) is 5.57 Å². The fourth-order valence-electron chi connectivity index (χ4n) is 3.12. The zero-order chi connectivity index (χ0) is 19.9. The fraction of sp³-hybridized carbons (Fsp3) is 0.211. The Morgan fingerprint density at radius 2 is 1.93 bits per heavy atom. The van der Waals surface area contributed by atoms with Crippen LogP contribution in [0.4, 0.5) is 23.2 Å². The molecule has 1 aliphatic heterocycles. The predicted molar refractivity (Wildman–Crippen MR) is 93.9 cm³/mol. The molecule has 1 unspecified atom stereocenters. The van der Waals surface area contributed by atoms with E-state index >= 15 is 0 Å². The lowest BCUT2D eigenvalue weighted by Crippen LogP contribution is -2.38.